The van der Waals surface area contributed by atoms with E-state index in [9.17, 15) is 4.79 Å². The standard InChI is InChI=1S/C23H31NO2/c1-4-24(5-2)18-19-26-22(25)16-17-23(3,20-12-8-6-9-13-20)21-14-10-7-11-15-21/h6-15H,4-5,16-19H2,1-3H3. The highest BCUT2D eigenvalue weighted by Crippen LogP contribution is 2.36. The van der Waals surface area contributed by atoms with Crippen LogP contribution in [0.15, 0.2) is 60.7 Å². The Hall–Kier alpha value is -2.13. The highest BCUT2D eigenvalue weighted by atomic mass is 16.5. The average Bonchev–Trinajstić information content (AvgIpc) is 2.70. The highest BCUT2D eigenvalue weighted by Gasteiger charge is 2.29. The van der Waals surface area contributed by atoms with Crippen molar-refractivity contribution in [1.29, 1.82) is 0 Å². The molecule has 0 saturated carbocycles. The van der Waals surface area contributed by atoms with Gasteiger partial charge in [0.25, 0.3) is 0 Å². The fourth-order valence-electron chi connectivity index (χ4n) is 3.32. The number of hydrogen-bond donors (Lipinski definition) is 0. The summed E-state index contributed by atoms with van der Waals surface area (Å²) in [6.45, 7) is 9.68. The van der Waals surface area contributed by atoms with E-state index < -0.39 is 0 Å². The summed E-state index contributed by atoms with van der Waals surface area (Å²) in [6.07, 6.45) is 1.14. The molecule has 2 aromatic rings. The summed E-state index contributed by atoms with van der Waals surface area (Å²) < 4.78 is 5.46. The first-order chi connectivity index (χ1) is 12.6. The molecule has 3 nitrogen and oxygen atoms in total. The van der Waals surface area contributed by atoms with Crippen LogP contribution in [0, 0.1) is 0 Å². The van der Waals surface area contributed by atoms with Crippen molar-refractivity contribution in [3.05, 3.63) is 71.8 Å². The molecule has 0 fully saturated rings. The predicted molar refractivity (Wildman–Crippen MR) is 107 cm³/mol. The normalized spacial score (nSPS) is 11.5. The van der Waals surface area contributed by atoms with Crippen LogP contribution >= 0.6 is 0 Å². The molecule has 0 spiro atoms. The molecule has 26 heavy (non-hydrogen) atoms. The van der Waals surface area contributed by atoms with E-state index in [-0.39, 0.29) is 11.4 Å². The Morgan fingerprint density at radius 2 is 1.42 bits per heavy atom. The lowest BCUT2D eigenvalue weighted by molar-refractivity contribution is -0.144. The van der Waals surface area contributed by atoms with Crippen molar-refractivity contribution >= 4 is 5.97 Å². The van der Waals surface area contributed by atoms with Crippen LogP contribution in [0.4, 0.5) is 0 Å². The SMILES string of the molecule is CCN(CC)CCOC(=O)CCC(C)(c1ccccc1)c1ccccc1. The molecule has 0 aliphatic rings. The van der Waals surface area contributed by atoms with E-state index in [1.165, 1.54) is 11.1 Å². The van der Waals surface area contributed by atoms with Gasteiger partial charge in [-0.3, -0.25) is 4.79 Å². The summed E-state index contributed by atoms with van der Waals surface area (Å²) >= 11 is 0. The van der Waals surface area contributed by atoms with Gasteiger partial charge in [0.2, 0.25) is 0 Å². The Morgan fingerprint density at radius 3 is 1.88 bits per heavy atom. The van der Waals surface area contributed by atoms with Gasteiger partial charge in [0.05, 0.1) is 0 Å². The zero-order chi connectivity index (χ0) is 18.8. The second-order valence-electron chi connectivity index (χ2n) is 6.81. The Morgan fingerprint density at radius 1 is 0.923 bits per heavy atom. The van der Waals surface area contributed by atoms with Crippen LogP contribution in [-0.2, 0) is 14.9 Å². The van der Waals surface area contributed by atoms with Crippen molar-refractivity contribution in [3.63, 3.8) is 0 Å². The van der Waals surface area contributed by atoms with Gasteiger partial charge in [-0.05, 0) is 30.6 Å². The first kappa shape index (κ1) is 20.2. The molecule has 0 bridgehead atoms. The van der Waals surface area contributed by atoms with Crippen LogP contribution in [0.3, 0.4) is 0 Å². The molecule has 0 saturated heterocycles. The minimum Gasteiger partial charge on any atom is -0.464 e. The third kappa shape index (κ3) is 5.43. The number of likely N-dealkylation sites (N-methyl/N-ethyl adjacent to an activating group) is 1. The van der Waals surface area contributed by atoms with E-state index >= 15 is 0 Å². The van der Waals surface area contributed by atoms with Crippen LogP contribution in [0.2, 0.25) is 0 Å². The Bertz CT molecular complexity index is 611. The summed E-state index contributed by atoms with van der Waals surface area (Å²) in [5, 5.41) is 0. The van der Waals surface area contributed by atoms with E-state index in [0.29, 0.717) is 13.0 Å². The number of nitrogens with zero attached hydrogens (tertiary/aromatic N) is 1. The van der Waals surface area contributed by atoms with E-state index in [1.807, 2.05) is 12.1 Å². The maximum Gasteiger partial charge on any atom is 0.305 e. The van der Waals surface area contributed by atoms with E-state index in [0.717, 1.165) is 26.1 Å². The number of benzene rings is 2. The maximum absolute atomic E-state index is 12.3. The van der Waals surface area contributed by atoms with Crippen molar-refractivity contribution in [1.82, 2.24) is 4.90 Å². The van der Waals surface area contributed by atoms with Crippen LogP contribution < -0.4 is 0 Å². The first-order valence-electron chi connectivity index (χ1n) is 9.59. The molecule has 0 unspecified atom stereocenters. The fourth-order valence-corrected chi connectivity index (χ4v) is 3.32. The summed E-state index contributed by atoms with van der Waals surface area (Å²) in [5.41, 5.74) is 2.24. The molecule has 0 N–H and O–H groups in total. The molecule has 3 heteroatoms. The lowest BCUT2D eigenvalue weighted by atomic mass is 9.73. The van der Waals surface area contributed by atoms with Crippen molar-refractivity contribution in [3.8, 4) is 0 Å². The van der Waals surface area contributed by atoms with Gasteiger partial charge in [-0.2, -0.15) is 0 Å². The molecule has 0 aromatic heterocycles. The monoisotopic (exact) mass is 353 g/mol. The Balaban J connectivity index is 2.01. The molecular formula is C23H31NO2. The zero-order valence-corrected chi connectivity index (χ0v) is 16.3. The number of ether oxygens (including phenoxy) is 1. The smallest absolute Gasteiger partial charge is 0.305 e. The molecule has 0 heterocycles. The molecule has 2 rings (SSSR count). The zero-order valence-electron chi connectivity index (χ0n) is 16.3. The van der Waals surface area contributed by atoms with Crippen molar-refractivity contribution in [2.45, 2.75) is 39.0 Å². The summed E-state index contributed by atoms with van der Waals surface area (Å²) in [6, 6.07) is 20.8. The Kier molecular flexibility index (Phi) is 7.86. The van der Waals surface area contributed by atoms with Gasteiger partial charge < -0.3 is 9.64 Å². The van der Waals surface area contributed by atoms with E-state index in [4.69, 9.17) is 4.74 Å². The third-order valence-corrected chi connectivity index (χ3v) is 5.22. The highest BCUT2D eigenvalue weighted by molar-refractivity contribution is 5.69. The number of rotatable bonds is 10. The summed E-state index contributed by atoms with van der Waals surface area (Å²) in [4.78, 5) is 14.5. The van der Waals surface area contributed by atoms with Crippen molar-refractivity contribution < 1.29 is 9.53 Å². The topological polar surface area (TPSA) is 29.5 Å². The minimum absolute atomic E-state index is 0.116. The van der Waals surface area contributed by atoms with Gasteiger partial charge in [-0.15, -0.1) is 0 Å². The predicted octanol–water partition coefficient (Wildman–Crippen LogP) is 4.66. The molecule has 0 aliphatic heterocycles. The van der Waals surface area contributed by atoms with Gasteiger partial charge in [0, 0.05) is 18.4 Å². The molecule has 0 aliphatic carbocycles. The van der Waals surface area contributed by atoms with Gasteiger partial charge in [-0.1, -0.05) is 81.4 Å². The minimum atomic E-state index is -0.208. The summed E-state index contributed by atoms with van der Waals surface area (Å²) in [7, 11) is 0. The number of carbonyl (C=O) groups is 1. The molecule has 0 amide bonds. The van der Waals surface area contributed by atoms with Gasteiger partial charge in [0.15, 0.2) is 0 Å². The second kappa shape index (κ2) is 10.1. The molecule has 0 atom stereocenters. The molecule has 0 radical (unpaired) electrons. The quantitative estimate of drug-likeness (QED) is 0.582. The second-order valence-corrected chi connectivity index (χ2v) is 6.81. The van der Waals surface area contributed by atoms with E-state index in [2.05, 4.69) is 74.2 Å². The number of carbonyl (C=O) groups excluding carboxylic acids is 1. The Labute approximate surface area is 158 Å². The molecule has 140 valence electrons. The lowest BCUT2D eigenvalue weighted by Gasteiger charge is -2.31. The van der Waals surface area contributed by atoms with Crippen LogP contribution in [0.5, 0.6) is 0 Å². The van der Waals surface area contributed by atoms with Crippen LogP contribution in [0.25, 0.3) is 0 Å². The average molecular weight is 354 g/mol. The van der Waals surface area contributed by atoms with Gasteiger partial charge in [-0.25, -0.2) is 0 Å². The van der Waals surface area contributed by atoms with Gasteiger partial charge in [0.1, 0.15) is 6.61 Å². The third-order valence-electron chi connectivity index (χ3n) is 5.22. The van der Waals surface area contributed by atoms with Crippen molar-refractivity contribution in [2.75, 3.05) is 26.2 Å². The van der Waals surface area contributed by atoms with Gasteiger partial charge >= 0.3 is 5.97 Å². The first-order valence-corrected chi connectivity index (χ1v) is 9.59. The largest absolute Gasteiger partial charge is 0.464 e. The number of hydrogen-bond acceptors (Lipinski definition) is 3. The van der Waals surface area contributed by atoms with Crippen molar-refractivity contribution in [2.24, 2.45) is 0 Å². The maximum atomic E-state index is 12.3. The lowest BCUT2D eigenvalue weighted by Crippen LogP contribution is -2.28. The van der Waals surface area contributed by atoms with E-state index in [1.54, 1.807) is 0 Å². The molecular weight excluding hydrogens is 322 g/mol. The fraction of sp³-hybridized carbons (Fsp3) is 0.435. The van der Waals surface area contributed by atoms with Crippen LogP contribution in [-0.4, -0.2) is 37.1 Å². The molecule has 2 aromatic carbocycles. The number of esters is 1. The summed E-state index contributed by atoms with van der Waals surface area (Å²) in [5.74, 6) is -0.116. The van der Waals surface area contributed by atoms with Crippen LogP contribution in [0.1, 0.15) is 44.7 Å².